The molecule has 1 aliphatic carbocycles. The molecule has 2 amide bonds. The molecule has 2 bridgehead atoms. The summed E-state index contributed by atoms with van der Waals surface area (Å²) in [4.78, 5) is 27.8. The van der Waals surface area contributed by atoms with E-state index in [0.29, 0.717) is 11.3 Å². The lowest BCUT2D eigenvalue weighted by Gasteiger charge is -2.35. The highest BCUT2D eigenvalue weighted by Crippen LogP contribution is 2.43. The molecule has 4 rings (SSSR count). The van der Waals surface area contributed by atoms with Gasteiger partial charge in [0.25, 0.3) is 0 Å². The zero-order valence-electron chi connectivity index (χ0n) is 21.0. The van der Waals surface area contributed by atoms with Crippen LogP contribution in [0.15, 0.2) is 42.5 Å². The van der Waals surface area contributed by atoms with E-state index >= 15 is 0 Å². The average Bonchev–Trinajstić information content (AvgIpc) is 3.45. The molecule has 4 unspecified atom stereocenters. The van der Waals surface area contributed by atoms with Crippen molar-refractivity contribution in [3.05, 3.63) is 53.6 Å². The van der Waals surface area contributed by atoms with Gasteiger partial charge in [-0.25, -0.2) is 4.79 Å². The van der Waals surface area contributed by atoms with Crippen LogP contribution in [0.3, 0.4) is 0 Å². The van der Waals surface area contributed by atoms with E-state index in [1.54, 1.807) is 25.7 Å². The summed E-state index contributed by atoms with van der Waals surface area (Å²) in [5, 5.41) is 22.6. The first-order valence-electron chi connectivity index (χ1n) is 12.4. The zero-order chi connectivity index (χ0) is 26.0. The van der Waals surface area contributed by atoms with Gasteiger partial charge in [0.15, 0.2) is 0 Å². The molecule has 4 atom stereocenters. The van der Waals surface area contributed by atoms with Crippen molar-refractivity contribution in [1.82, 2.24) is 10.2 Å². The van der Waals surface area contributed by atoms with E-state index in [1.807, 2.05) is 42.5 Å². The molecule has 1 aliphatic heterocycles. The molecule has 2 aromatic rings. The number of para-hydroxylation sites is 1. The normalized spacial score (nSPS) is 21.6. The molecule has 1 saturated carbocycles. The van der Waals surface area contributed by atoms with Gasteiger partial charge in [-0.05, 0) is 68.7 Å². The van der Waals surface area contributed by atoms with Crippen molar-refractivity contribution in [3.8, 4) is 17.2 Å². The molecular formula is C28H34N4O4. The zero-order valence-corrected chi connectivity index (χ0v) is 21.0. The van der Waals surface area contributed by atoms with Gasteiger partial charge in [-0.2, -0.15) is 5.26 Å². The topological polar surface area (TPSA) is 129 Å². The number of nitrogen functional groups attached to an aromatic ring is 1. The summed E-state index contributed by atoms with van der Waals surface area (Å²) >= 11 is 0. The van der Waals surface area contributed by atoms with E-state index in [0.717, 1.165) is 36.0 Å². The van der Waals surface area contributed by atoms with Crippen molar-refractivity contribution < 1.29 is 19.4 Å². The number of aliphatic hydroxyl groups is 1. The molecule has 2 aliphatic rings. The number of ether oxygens (including phenoxy) is 1. The fourth-order valence-electron chi connectivity index (χ4n) is 5.43. The third-order valence-electron chi connectivity index (χ3n) is 6.96. The second kappa shape index (κ2) is 10.2. The first-order chi connectivity index (χ1) is 17.1. The summed E-state index contributed by atoms with van der Waals surface area (Å²) in [7, 11) is 0. The van der Waals surface area contributed by atoms with Crippen LogP contribution >= 0.6 is 0 Å². The summed E-state index contributed by atoms with van der Waals surface area (Å²) in [6, 6.07) is 13.8. The van der Waals surface area contributed by atoms with Gasteiger partial charge >= 0.3 is 6.09 Å². The molecule has 1 saturated heterocycles. The van der Waals surface area contributed by atoms with Gasteiger partial charge in [-0.15, -0.1) is 0 Å². The molecule has 0 aromatic heterocycles. The Morgan fingerprint density at radius 2 is 1.97 bits per heavy atom. The third-order valence-corrected chi connectivity index (χ3v) is 6.96. The minimum atomic E-state index is -0.781. The maximum absolute atomic E-state index is 13.3. The van der Waals surface area contributed by atoms with Gasteiger partial charge in [-0.1, -0.05) is 36.4 Å². The van der Waals surface area contributed by atoms with E-state index in [2.05, 4.69) is 11.4 Å². The Morgan fingerprint density at radius 1 is 1.22 bits per heavy atom. The average molecular weight is 491 g/mol. The molecule has 8 nitrogen and oxygen atoms in total. The highest BCUT2D eigenvalue weighted by atomic mass is 16.6. The minimum Gasteiger partial charge on any atom is -0.444 e. The molecule has 0 spiro atoms. The summed E-state index contributed by atoms with van der Waals surface area (Å²) in [6.45, 7) is 5.23. The van der Waals surface area contributed by atoms with E-state index in [9.17, 15) is 20.0 Å². The standard InChI is InChI=1S/C28H34N4O4/c1-28(2,3)36-27(35)32-21-10-9-18(14-21)25(32)26(34)31-20(15-29)13-17-8-11-22(19(12-17)16-33)23-6-4-5-7-24(23)30/h4-8,11-12,18,20-21,25,33H,9-10,13-14,16,30H2,1-3H3,(H,31,34). The fourth-order valence-corrected chi connectivity index (χ4v) is 5.43. The van der Waals surface area contributed by atoms with E-state index < -0.39 is 23.8 Å². The Bertz CT molecular complexity index is 1180. The van der Waals surface area contributed by atoms with Crippen molar-refractivity contribution in [3.63, 3.8) is 0 Å². The number of likely N-dealkylation sites (tertiary alicyclic amines) is 1. The Balaban J connectivity index is 1.48. The Labute approximate surface area is 212 Å². The molecule has 4 N–H and O–H groups in total. The van der Waals surface area contributed by atoms with Gasteiger partial charge < -0.3 is 20.9 Å². The molecule has 36 heavy (non-hydrogen) atoms. The van der Waals surface area contributed by atoms with Crippen LogP contribution in [0.1, 0.15) is 51.2 Å². The number of nitrogens with one attached hydrogen (secondary N) is 1. The number of fused-ring (bicyclic) bond motifs is 2. The smallest absolute Gasteiger partial charge is 0.411 e. The highest BCUT2D eigenvalue weighted by molar-refractivity contribution is 5.87. The number of amides is 2. The van der Waals surface area contributed by atoms with E-state index in [-0.39, 0.29) is 30.9 Å². The van der Waals surface area contributed by atoms with Crippen LogP contribution in [-0.4, -0.2) is 45.7 Å². The van der Waals surface area contributed by atoms with Crippen LogP contribution in [0.5, 0.6) is 0 Å². The predicted octanol–water partition coefficient (Wildman–Crippen LogP) is 3.77. The van der Waals surface area contributed by atoms with Gasteiger partial charge in [0.2, 0.25) is 5.91 Å². The number of hydrogen-bond donors (Lipinski definition) is 3. The predicted molar refractivity (Wildman–Crippen MR) is 136 cm³/mol. The van der Waals surface area contributed by atoms with Crippen molar-refractivity contribution in [2.24, 2.45) is 5.92 Å². The second-order valence-corrected chi connectivity index (χ2v) is 10.7. The first kappa shape index (κ1) is 25.5. The molecule has 0 radical (unpaired) electrons. The molecule has 2 fully saturated rings. The van der Waals surface area contributed by atoms with Crippen molar-refractivity contribution in [2.75, 3.05) is 5.73 Å². The Kier molecular flexibility index (Phi) is 7.23. The number of nitrogens with zero attached hydrogens (tertiary/aromatic N) is 2. The molecule has 1 heterocycles. The number of nitriles is 1. The number of rotatable bonds is 6. The molecule has 190 valence electrons. The number of aliphatic hydroxyl groups excluding tert-OH is 1. The number of nitrogens with two attached hydrogens (primary N) is 1. The van der Waals surface area contributed by atoms with E-state index in [4.69, 9.17) is 10.5 Å². The van der Waals surface area contributed by atoms with Crippen LogP contribution in [0.2, 0.25) is 0 Å². The van der Waals surface area contributed by atoms with Crippen LogP contribution in [-0.2, 0) is 22.6 Å². The SMILES string of the molecule is CC(C)(C)OC(=O)N1C2CCC(C2)C1C(=O)NC(C#N)Cc1ccc(-c2ccccc2N)c(CO)c1. The largest absolute Gasteiger partial charge is 0.444 e. The number of carbonyl (C=O) groups excluding carboxylic acids is 2. The highest BCUT2D eigenvalue weighted by Gasteiger charge is 2.52. The fraction of sp³-hybridized carbons (Fsp3) is 0.464. The molecular weight excluding hydrogens is 456 g/mol. The van der Waals surface area contributed by atoms with Crippen molar-refractivity contribution >= 4 is 17.7 Å². The second-order valence-electron chi connectivity index (χ2n) is 10.7. The van der Waals surface area contributed by atoms with Crippen LogP contribution < -0.4 is 11.1 Å². The van der Waals surface area contributed by atoms with Crippen LogP contribution in [0.4, 0.5) is 10.5 Å². The Morgan fingerprint density at radius 3 is 2.64 bits per heavy atom. The van der Waals surface area contributed by atoms with Crippen molar-refractivity contribution in [2.45, 2.75) is 76.8 Å². The Hall–Kier alpha value is -3.57. The van der Waals surface area contributed by atoms with Crippen LogP contribution in [0, 0.1) is 17.2 Å². The van der Waals surface area contributed by atoms with Gasteiger partial charge in [-0.3, -0.25) is 9.69 Å². The molecule has 8 heteroatoms. The number of hydrogen-bond acceptors (Lipinski definition) is 6. The van der Waals surface area contributed by atoms with Gasteiger partial charge in [0.1, 0.15) is 17.7 Å². The lowest BCUT2D eigenvalue weighted by molar-refractivity contribution is -0.128. The number of carbonyl (C=O) groups is 2. The summed E-state index contributed by atoms with van der Waals surface area (Å²) in [5.74, 6) is -0.255. The maximum Gasteiger partial charge on any atom is 0.411 e. The summed E-state index contributed by atoms with van der Waals surface area (Å²) in [5.41, 5.74) is 9.23. The summed E-state index contributed by atoms with van der Waals surface area (Å²) < 4.78 is 5.57. The number of benzene rings is 2. The molecule has 2 aromatic carbocycles. The number of anilines is 1. The quantitative estimate of drug-likeness (QED) is 0.529. The van der Waals surface area contributed by atoms with Gasteiger partial charge in [0, 0.05) is 23.7 Å². The lowest BCUT2D eigenvalue weighted by atomic mass is 9.94. The van der Waals surface area contributed by atoms with Gasteiger partial charge in [0.05, 0.1) is 12.7 Å². The number of piperidine rings is 1. The van der Waals surface area contributed by atoms with E-state index in [1.165, 1.54) is 0 Å². The lowest BCUT2D eigenvalue weighted by Crippen LogP contribution is -2.55. The van der Waals surface area contributed by atoms with Crippen LogP contribution in [0.25, 0.3) is 11.1 Å². The minimum absolute atomic E-state index is 0.00813. The summed E-state index contributed by atoms with van der Waals surface area (Å²) in [6.07, 6.45) is 2.30. The third kappa shape index (κ3) is 5.31. The monoisotopic (exact) mass is 490 g/mol. The first-order valence-corrected chi connectivity index (χ1v) is 12.4. The maximum atomic E-state index is 13.3. The van der Waals surface area contributed by atoms with Crippen molar-refractivity contribution in [1.29, 1.82) is 5.26 Å².